The fourth-order valence-corrected chi connectivity index (χ4v) is 6.71. The van der Waals surface area contributed by atoms with Gasteiger partial charge in [0.05, 0.1) is 0 Å². The maximum absolute atomic E-state index is 13.0. The molecule has 8 heteroatoms. The van der Waals surface area contributed by atoms with E-state index in [2.05, 4.69) is 4.90 Å². The minimum Gasteiger partial charge on any atom is -0.343 e. The number of thiophene rings is 1. The van der Waals surface area contributed by atoms with Gasteiger partial charge in [0.25, 0.3) is 10.0 Å². The number of amides is 1. The van der Waals surface area contributed by atoms with Crippen molar-refractivity contribution in [3.63, 3.8) is 0 Å². The number of carbonyl (C=O) groups is 1. The summed E-state index contributed by atoms with van der Waals surface area (Å²) in [5, 5.41) is 1.79. The van der Waals surface area contributed by atoms with Crippen LogP contribution in [0.3, 0.4) is 0 Å². The van der Waals surface area contributed by atoms with Crippen molar-refractivity contribution < 1.29 is 13.2 Å². The van der Waals surface area contributed by atoms with Gasteiger partial charge in [-0.25, -0.2) is 8.42 Å². The molecular weight excluding hydrogens is 358 g/mol. The summed E-state index contributed by atoms with van der Waals surface area (Å²) in [6.45, 7) is 3.49. The third kappa shape index (κ3) is 3.03. The minimum absolute atomic E-state index is 0.174. The molecule has 0 atom stereocenters. The lowest BCUT2D eigenvalue weighted by Gasteiger charge is -2.52. The summed E-state index contributed by atoms with van der Waals surface area (Å²) in [5.41, 5.74) is -0.503. The first kappa shape index (κ1) is 17.5. The van der Waals surface area contributed by atoms with Crippen LogP contribution in [0.5, 0.6) is 0 Å². The molecule has 2 saturated heterocycles. The number of nitrogens with zero attached hydrogens (tertiary/aromatic N) is 3. The predicted octanol–water partition coefficient (Wildman–Crippen LogP) is 1.46. The summed E-state index contributed by atoms with van der Waals surface area (Å²) >= 11 is 1.25. The fourth-order valence-electron chi connectivity index (χ4n) is 4.12. The highest BCUT2D eigenvalue weighted by Crippen LogP contribution is 2.39. The summed E-state index contributed by atoms with van der Waals surface area (Å²) in [4.78, 5) is 17.2. The SMILES string of the molecule is CN1CCN(CC2CC2)C2(CCN(S(=O)(=O)c3cccs3)CC2)C1=O. The molecule has 1 saturated carbocycles. The molecule has 3 heterocycles. The zero-order chi connectivity index (χ0) is 17.7. The van der Waals surface area contributed by atoms with Gasteiger partial charge in [0, 0.05) is 39.8 Å². The van der Waals surface area contributed by atoms with Crippen molar-refractivity contribution in [2.24, 2.45) is 5.92 Å². The number of piperidine rings is 1. The van der Waals surface area contributed by atoms with Crippen LogP contribution in [-0.4, -0.2) is 73.7 Å². The maximum Gasteiger partial charge on any atom is 0.252 e. The average Bonchev–Trinajstić information content (AvgIpc) is 3.24. The van der Waals surface area contributed by atoms with Gasteiger partial charge in [-0.05, 0) is 43.0 Å². The van der Waals surface area contributed by atoms with Crippen molar-refractivity contribution in [3.8, 4) is 0 Å². The van der Waals surface area contributed by atoms with Gasteiger partial charge in [0.1, 0.15) is 9.75 Å². The highest BCUT2D eigenvalue weighted by Gasteiger charge is 2.52. The van der Waals surface area contributed by atoms with Crippen LogP contribution in [0.1, 0.15) is 25.7 Å². The number of sulfonamides is 1. The normalized spacial score (nSPS) is 25.6. The van der Waals surface area contributed by atoms with Crippen molar-refractivity contribution in [3.05, 3.63) is 17.5 Å². The van der Waals surface area contributed by atoms with E-state index in [1.807, 2.05) is 11.9 Å². The molecule has 3 fully saturated rings. The van der Waals surface area contributed by atoms with Gasteiger partial charge >= 0.3 is 0 Å². The summed E-state index contributed by atoms with van der Waals surface area (Å²) in [6, 6.07) is 3.42. The molecule has 1 amide bonds. The van der Waals surface area contributed by atoms with Gasteiger partial charge in [-0.1, -0.05) is 6.07 Å². The van der Waals surface area contributed by atoms with Crippen molar-refractivity contribution in [2.75, 3.05) is 39.8 Å². The monoisotopic (exact) mass is 383 g/mol. The number of piperazine rings is 1. The number of hydrogen-bond acceptors (Lipinski definition) is 5. The Labute approximate surface area is 153 Å². The molecule has 1 aromatic rings. The van der Waals surface area contributed by atoms with Crippen molar-refractivity contribution in [1.82, 2.24) is 14.1 Å². The van der Waals surface area contributed by atoms with Crippen LogP contribution in [-0.2, 0) is 14.8 Å². The van der Waals surface area contributed by atoms with Crippen molar-refractivity contribution in [2.45, 2.75) is 35.4 Å². The van der Waals surface area contributed by atoms with Gasteiger partial charge < -0.3 is 4.90 Å². The first-order chi connectivity index (χ1) is 11.9. The molecule has 0 unspecified atom stereocenters. The smallest absolute Gasteiger partial charge is 0.252 e. The number of likely N-dealkylation sites (N-methyl/N-ethyl adjacent to an activating group) is 1. The summed E-state index contributed by atoms with van der Waals surface area (Å²) < 4.78 is 27.5. The first-order valence-electron chi connectivity index (χ1n) is 8.98. The zero-order valence-electron chi connectivity index (χ0n) is 14.6. The molecule has 1 aliphatic carbocycles. The quantitative estimate of drug-likeness (QED) is 0.790. The topological polar surface area (TPSA) is 60.9 Å². The molecule has 2 aliphatic heterocycles. The van der Waals surface area contributed by atoms with E-state index in [4.69, 9.17) is 0 Å². The van der Waals surface area contributed by atoms with E-state index in [0.29, 0.717) is 30.1 Å². The van der Waals surface area contributed by atoms with E-state index in [1.54, 1.807) is 21.8 Å². The molecule has 0 radical (unpaired) electrons. The van der Waals surface area contributed by atoms with Crippen LogP contribution in [0.15, 0.2) is 21.7 Å². The van der Waals surface area contributed by atoms with E-state index < -0.39 is 15.6 Å². The van der Waals surface area contributed by atoms with Crippen molar-refractivity contribution in [1.29, 1.82) is 0 Å². The first-order valence-corrected chi connectivity index (χ1v) is 11.3. The highest BCUT2D eigenvalue weighted by atomic mass is 32.2. The number of rotatable bonds is 4. The lowest BCUT2D eigenvalue weighted by atomic mass is 9.83. The Morgan fingerprint density at radius 1 is 1.20 bits per heavy atom. The molecule has 0 bridgehead atoms. The molecule has 0 N–H and O–H groups in total. The molecule has 1 aromatic heterocycles. The predicted molar refractivity (Wildman–Crippen MR) is 97.0 cm³/mol. The number of hydrogen-bond donors (Lipinski definition) is 0. The van der Waals surface area contributed by atoms with E-state index in [9.17, 15) is 13.2 Å². The molecule has 4 rings (SSSR count). The van der Waals surface area contributed by atoms with Crippen LogP contribution >= 0.6 is 11.3 Å². The average molecular weight is 384 g/mol. The van der Waals surface area contributed by atoms with Crippen molar-refractivity contribution >= 4 is 27.3 Å². The van der Waals surface area contributed by atoms with E-state index in [1.165, 1.54) is 24.2 Å². The Balaban J connectivity index is 1.54. The fraction of sp³-hybridized carbons (Fsp3) is 0.706. The lowest BCUT2D eigenvalue weighted by molar-refractivity contribution is -0.153. The Hall–Kier alpha value is -0.960. The van der Waals surface area contributed by atoms with E-state index >= 15 is 0 Å². The van der Waals surface area contributed by atoms with E-state index in [0.717, 1.165) is 25.6 Å². The third-order valence-corrected chi connectivity index (χ3v) is 9.14. The van der Waals surface area contributed by atoms with Crippen LogP contribution in [0.4, 0.5) is 0 Å². The molecule has 3 aliphatic rings. The minimum atomic E-state index is -3.42. The molecule has 25 heavy (non-hydrogen) atoms. The van der Waals surface area contributed by atoms with Gasteiger partial charge in [-0.2, -0.15) is 4.31 Å². The Morgan fingerprint density at radius 2 is 1.92 bits per heavy atom. The Morgan fingerprint density at radius 3 is 2.52 bits per heavy atom. The summed E-state index contributed by atoms with van der Waals surface area (Å²) in [7, 11) is -1.56. The van der Waals surface area contributed by atoms with Crippen LogP contribution in [0.25, 0.3) is 0 Å². The van der Waals surface area contributed by atoms with Crippen LogP contribution in [0.2, 0.25) is 0 Å². The van der Waals surface area contributed by atoms with Gasteiger partial charge in [-0.15, -0.1) is 11.3 Å². The second-order valence-electron chi connectivity index (χ2n) is 7.48. The second kappa shape index (κ2) is 6.33. The summed E-state index contributed by atoms with van der Waals surface area (Å²) in [5.74, 6) is 0.897. The Bertz CT molecular complexity index is 735. The standard InChI is InChI=1S/C17H25N3O3S2/c1-18-10-11-19(13-14-4-5-14)17(16(18)21)6-8-20(9-7-17)25(22,23)15-3-2-12-24-15/h2-3,12,14H,4-11,13H2,1H3. The lowest BCUT2D eigenvalue weighted by Crippen LogP contribution is -2.68. The largest absolute Gasteiger partial charge is 0.343 e. The second-order valence-corrected chi connectivity index (χ2v) is 10.6. The third-order valence-electron chi connectivity index (χ3n) is 5.87. The highest BCUT2D eigenvalue weighted by molar-refractivity contribution is 7.91. The summed E-state index contributed by atoms with van der Waals surface area (Å²) in [6.07, 6.45) is 3.70. The number of carbonyl (C=O) groups excluding carboxylic acids is 1. The molecular formula is C17H25N3O3S2. The maximum atomic E-state index is 13.0. The Kier molecular flexibility index (Phi) is 4.42. The van der Waals surface area contributed by atoms with Gasteiger partial charge in [0.2, 0.25) is 5.91 Å². The van der Waals surface area contributed by atoms with Gasteiger partial charge in [0.15, 0.2) is 0 Å². The molecule has 138 valence electrons. The van der Waals surface area contributed by atoms with E-state index in [-0.39, 0.29) is 5.91 Å². The van der Waals surface area contributed by atoms with Crippen LogP contribution in [0, 0.1) is 5.92 Å². The molecule has 6 nitrogen and oxygen atoms in total. The van der Waals surface area contributed by atoms with Gasteiger partial charge in [-0.3, -0.25) is 9.69 Å². The zero-order valence-corrected chi connectivity index (χ0v) is 16.2. The molecule has 0 aromatic carbocycles. The van der Waals surface area contributed by atoms with Crippen LogP contribution < -0.4 is 0 Å². The molecule has 1 spiro atoms.